The molecule has 2 aliphatic carbocycles. The van der Waals surface area contributed by atoms with Gasteiger partial charge in [0.25, 0.3) is 0 Å². The molecule has 2 aliphatic rings. The third-order valence-electron chi connectivity index (χ3n) is 7.63. The van der Waals surface area contributed by atoms with Crippen LogP contribution in [-0.4, -0.2) is 84.3 Å². The van der Waals surface area contributed by atoms with Crippen molar-refractivity contribution in [2.75, 3.05) is 39.6 Å². The third kappa shape index (κ3) is 10.1. The molecule has 0 unspecified atom stereocenters. The molecule has 6 N–H and O–H groups in total. The van der Waals surface area contributed by atoms with Crippen LogP contribution in [0.3, 0.4) is 0 Å². The lowest BCUT2D eigenvalue weighted by Gasteiger charge is -2.34. The SMILES string of the molecule is CC(CO)(CO)COC(=O)NC1CCC(CC2CCC(NC(=O)OCC(C)(CO)CO)CC2)CC1. The standard InChI is InChI=1S/C25H46N2O8/c1-24(12-28,13-29)16-34-22(32)26-20-7-3-18(4-8-20)11-19-5-9-21(10-6-19)27-23(33)35-17-25(2,14-30)15-31/h18-21,28-31H,3-17H2,1-2H3,(H,26,32)(H,27,33). The first kappa shape index (κ1) is 29.6. The van der Waals surface area contributed by atoms with Crippen LogP contribution >= 0.6 is 0 Å². The molecule has 2 rings (SSSR count). The van der Waals surface area contributed by atoms with Crippen molar-refractivity contribution in [1.82, 2.24) is 10.6 Å². The summed E-state index contributed by atoms with van der Waals surface area (Å²) in [6.07, 6.45) is 8.10. The molecular weight excluding hydrogens is 456 g/mol. The molecule has 0 radical (unpaired) electrons. The predicted molar refractivity (Wildman–Crippen MR) is 130 cm³/mol. The van der Waals surface area contributed by atoms with Crippen LogP contribution < -0.4 is 10.6 Å². The third-order valence-corrected chi connectivity index (χ3v) is 7.63. The van der Waals surface area contributed by atoms with Gasteiger partial charge in [0, 0.05) is 22.9 Å². The second-order valence-corrected chi connectivity index (χ2v) is 11.4. The van der Waals surface area contributed by atoms with Crippen molar-refractivity contribution in [3.8, 4) is 0 Å². The Hall–Kier alpha value is -1.62. The minimum Gasteiger partial charge on any atom is -0.449 e. The Balaban J connectivity index is 1.60. The normalized spacial score (nSPS) is 25.5. The number of hydrogen-bond donors (Lipinski definition) is 6. The van der Waals surface area contributed by atoms with E-state index < -0.39 is 23.0 Å². The highest BCUT2D eigenvalue weighted by atomic mass is 16.6. The van der Waals surface area contributed by atoms with Crippen LogP contribution in [-0.2, 0) is 9.47 Å². The van der Waals surface area contributed by atoms with Gasteiger partial charge in [0.05, 0.1) is 26.4 Å². The lowest BCUT2D eigenvalue weighted by Crippen LogP contribution is -2.41. The molecule has 0 spiro atoms. The Labute approximate surface area is 208 Å². The fourth-order valence-electron chi connectivity index (χ4n) is 4.74. The number of ether oxygens (including phenoxy) is 2. The van der Waals surface area contributed by atoms with Crippen LogP contribution in [0.4, 0.5) is 9.59 Å². The van der Waals surface area contributed by atoms with Crippen LogP contribution in [0, 0.1) is 22.7 Å². The maximum absolute atomic E-state index is 12.1. The number of carbonyl (C=O) groups excluding carboxylic acids is 2. The number of hydrogen-bond acceptors (Lipinski definition) is 8. The predicted octanol–water partition coefficient (Wildman–Crippen LogP) is 1.93. The zero-order valence-corrected chi connectivity index (χ0v) is 21.3. The molecule has 0 aromatic carbocycles. The van der Waals surface area contributed by atoms with Gasteiger partial charge in [0.2, 0.25) is 0 Å². The van der Waals surface area contributed by atoms with Crippen LogP contribution in [0.25, 0.3) is 0 Å². The minimum absolute atomic E-state index is 0.0267. The van der Waals surface area contributed by atoms with Crippen LogP contribution in [0.5, 0.6) is 0 Å². The Bertz CT molecular complexity index is 583. The van der Waals surface area contributed by atoms with Gasteiger partial charge in [0.15, 0.2) is 0 Å². The molecule has 10 heteroatoms. The lowest BCUT2D eigenvalue weighted by atomic mass is 9.76. The van der Waals surface area contributed by atoms with E-state index >= 15 is 0 Å². The molecule has 0 atom stereocenters. The fraction of sp³-hybridized carbons (Fsp3) is 0.920. The average molecular weight is 503 g/mol. The zero-order chi connectivity index (χ0) is 25.9. The van der Waals surface area contributed by atoms with Gasteiger partial charge in [0.1, 0.15) is 13.2 Å². The molecular formula is C25H46N2O8. The zero-order valence-electron chi connectivity index (χ0n) is 21.3. The Kier molecular flexibility index (Phi) is 12.0. The molecule has 2 amide bonds. The van der Waals surface area contributed by atoms with Crippen molar-refractivity contribution in [3.05, 3.63) is 0 Å². The van der Waals surface area contributed by atoms with E-state index in [4.69, 9.17) is 9.47 Å². The number of aliphatic hydroxyl groups excluding tert-OH is 4. The molecule has 0 aliphatic heterocycles. The number of rotatable bonds is 12. The summed E-state index contributed by atoms with van der Waals surface area (Å²) in [7, 11) is 0. The summed E-state index contributed by atoms with van der Waals surface area (Å²) in [4.78, 5) is 24.1. The molecule has 35 heavy (non-hydrogen) atoms. The summed E-state index contributed by atoms with van der Waals surface area (Å²) in [6, 6.07) is 0.190. The summed E-state index contributed by atoms with van der Waals surface area (Å²) in [5.74, 6) is 1.29. The number of nitrogens with one attached hydrogen (secondary N) is 2. The van der Waals surface area contributed by atoms with Crippen LogP contribution in [0.2, 0.25) is 0 Å². The molecule has 0 heterocycles. The topological polar surface area (TPSA) is 158 Å². The van der Waals surface area contributed by atoms with Crippen LogP contribution in [0.1, 0.15) is 71.6 Å². The molecule has 0 aromatic heterocycles. The van der Waals surface area contributed by atoms with E-state index in [1.807, 2.05) is 0 Å². The van der Waals surface area contributed by atoms with Gasteiger partial charge in [-0.2, -0.15) is 0 Å². The second kappa shape index (κ2) is 14.2. The quantitative estimate of drug-likeness (QED) is 0.236. The van der Waals surface area contributed by atoms with E-state index in [1.165, 1.54) is 6.42 Å². The maximum atomic E-state index is 12.1. The van der Waals surface area contributed by atoms with E-state index in [-0.39, 0.29) is 51.7 Å². The maximum Gasteiger partial charge on any atom is 0.407 e. The first-order valence-electron chi connectivity index (χ1n) is 12.9. The summed E-state index contributed by atoms with van der Waals surface area (Å²) < 4.78 is 10.4. The van der Waals surface area contributed by atoms with Gasteiger partial charge < -0.3 is 40.5 Å². The van der Waals surface area contributed by atoms with E-state index in [0.717, 1.165) is 51.4 Å². The van der Waals surface area contributed by atoms with Gasteiger partial charge in [-0.05, 0) is 69.6 Å². The fourth-order valence-corrected chi connectivity index (χ4v) is 4.74. The molecule has 10 nitrogen and oxygen atoms in total. The largest absolute Gasteiger partial charge is 0.449 e. The van der Waals surface area contributed by atoms with Gasteiger partial charge in [-0.3, -0.25) is 0 Å². The molecule has 204 valence electrons. The van der Waals surface area contributed by atoms with E-state index in [0.29, 0.717) is 11.8 Å². The summed E-state index contributed by atoms with van der Waals surface area (Å²) in [6.45, 7) is 2.26. The first-order chi connectivity index (χ1) is 16.6. The van der Waals surface area contributed by atoms with Crippen molar-refractivity contribution in [2.24, 2.45) is 22.7 Å². The van der Waals surface area contributed by atoms with Crippen LogP contribution in [0.15, 0.2) is 0 Å². The van der Waals surface area contributed by atoms with Crippen molar-refractivity contribution in [2.45, 2.75) is 83.7 Å². The number of amides is 2. The summed E-state index contributed by atoms with van der Waals surface area (Å²) >= 11 is 0. The Morgan fingerprint density at radius 2 is 0.971 bits per heavy atom. The van der Waals surface area contributed by atoms with Crippen molar-refractivity contribution < 1.29 is 39.5 Å². The molecule has 0 aromatic rings. The van der Waals surface area contributed by atoms with E-state index in [1.54, 1.807) is 13.8 Å². The monoisotopic (exact) mass is 502 g/mol. The molecule has 0 bridgehead atoms. The lowest BCUT2D eigenvalue weighted by molar-refractivity contribution is 0.00850. The highest BCUT2D eigenvalue weighted by Gasteiger charge is 2.30. The van der Waals surface area contributed by atoms with E-state index in [2.05, 4.69) is 10.6 Å². The van der Waals surface area contributed by atoms with Gasteiger partial charge >= 0.3 is 12.2 Å². The van der Waals surface area contributed by atoms with Crippen molar-refractivity contribution in [1.29, 1.82) is 0 Å². The first-order valence-corrected chi connectivity index (χ1v) is 12.9. The van der Waals surface area contributed by atoms with Gasteiger partial charge in [-0.1, -0.05) is 13.8 Å². The highest BCUT2D eigenvalue weighted by Crippen LogP contribution is 2.35. The Morgan fingerprint density at radius 3 is 1.26 bits per heavy atom. The van der Waals surface area contributed by atoms with Gasteiger partial charge in [-0.25, -0.2) is 9.59 Å². The minimum atomic E-state index is -0.828. The highest BCUT2D eigenvalue weighted by molar-refractivity contribution is 5.68. The molecule has 0 saturated heterocycles. The number of alkyl carbamates (subject to hydrolysis) is 2. The Morgan fingerprint density at radius 1 is 0.657 bits per heavy atom. The second-order valence-electron chi connectivity index (χ2n) is 11.4. The number of carbonyl (C=O) groups is 2. The van der Waals surface area contributed by atoms with Crippen molar-refractivity contribution in [3.63, 3.8) is 0 Å². The smallest absolute Gasteiger partial charge is 0.407 e. The summed E-state index contributed by atoms with van der Waals surface area (Å²) in [5, 5.41) is 43.0. The average Bonchev–Trinajstić information content (AvgIpc) is 2.88. The van der Waals surface area contributed by atoms with Crippen molar-refractivity contribution >= 4 is 12.2 Å². The van der Waals surface area contributed by atoms with E-state index in [9.17, 15) is 30.0 Å². The van der Waals surface area contributed by atoms with Gasteiger partial charge in [-0.15, -0.1) is 0 Å². The summed E-state index contributed by atoms with van der Waals surface area (Å²) in [5.41, 5.74) is -1.66. The number of aliphatic hydroxyl groups is 4. The molecule has 2 fully saturated rings. The molecule has 2 saturated carbocycles.